The first kappa shape index (κ1) is 25.9. The molecular formula is C25H32FN3O4S. The van der Waals surface area contributed by atoms with Crippen LogP contribution in [0.1, 0.15) is 49.4 Å². The average Bonchev–Trinajstić information content (AvgIpc) is 2.83. The monoisotopic (exact) mass is 489 g/mol. The van der Waals surface area contributed by atoms with Crippen molar-refractivity contribution < 1.29 is 18.7 Å². The lowest BCUT2D eigenvalue weighted by Gasteiger charge is -2.31. The van der Waals surface area contributed by atoms with Gasteiger partial charge in [0.15, 0.2) is 5.16 Å². The van der Waals surface area contributed by atoms with Crippen molar-refractivity contribution >= 4 is 23.6 Å². The zero-order valence-corrected chi connectivity index (χ0v) is 20.8. The Labute approximate surface area is 203 Å². The highest BCUT2D eigenvalue weighted by molar-refractivity contribution is 7.99. The lowest BCUT2D eigenvalue weighted by molar-refractivity contribution is -0.151. The highest BCUT2D eigenvalue weighted by Crippen LogP contribution is 2.21. The predicted molar refractivity (Wildman–Crippen MR) is 129 cm³/mol. The van der Waals surface area contributed by atoms with Crippen LogP contribution in [-0.2, 0) is 27.8 Å². The van der Waals surface area contributed by atoms with Crippen molar-refractivity contribution in [3.63, 3.8) is 0 Å². The number of amides is 1. The number of nitrogens with zero attached hydrogens (tertiary/aromatic N) is 3. The number of rotatable bonds is 9. The highest BCUT2D eigenvalue weighted by Gasteiger charge is 2.27. The molecule has 2 heterocycles. The van der Waals surface area contributed by atoms with Crippen molar-refractivity contribution in [2.45, 2.75) is 51.1 Å². The number of benzene rings is 1. The Morgan fingerprint density at radius 3 is 2.62 bits per heavy atom. The van der Waals surface area contributed by atoms with Crippen LogP contribution in [0.4, 0.5) is 4.39 Å². The molecule has 1 aliphatic rings. The predicted octanol–water partition coefficient (Wildman–Crippen LogP) is 3.49. The molecule has 1 aliphatic heterocycles. The number of halogens is 1. The van der Waals surface area contributed by atoms with Gasteiger partial charge in [-0.1, -0.05) is 30.0 Å². The Morgan fingerprint density at radius 2 is 1.94 bits per heavy atom. The zero-order valence-electron chi connectivity index (χ0n) is 20.0. The van der Waals surface area contributed by atoms with Gasteiger partial charge >= 0.3 is 5.97 Å². The van der Waals surface area contributed by atoms with Crippen LogP contribution in [0.25, 0.3) is 0 Å². The number of carbonyl (C=O) groups excluding carboxylic acids is 2. The van der Waals surface area contributed by atoms with Gasteiger partial charge in [0.1, 0.15) is 5.82 Å². The molecule has 0 bridgehead atoms. The van der Waals surface area contributed by atoms with Gasteiger partial charge in [0.25, 0.3) is 5.56 Å². The quantitative estimate of drug-likeness (QED) is 0.232. The number of piperidine rings is 1. The van der Waals surface area contributed by atoms with E-state index in [0.717, 1.165) is 0 Å². The fourth-order valence-corrected chi connectivity index (χ4v) is 5.01. The standard InChI is InChI=1S/C25H32FN3O4S/c1-4-33-24(32)18-11-13-29(14-12-18)22(30)10-7-15-34-25-27-17(2)20(23(31)28(25)3)16-19-8-5-6-9-21(19)26/h5-6,8-9,18H,4,7,10-16H2,1-3H3. The van der Waals surface area contributed by atoms with Crippen molar-refractivity contribution in [2.24, 2.45) is 13.0 Å². The topological polar surface area (TPSA) is 81.5 Å². The van der Waals surface area contributed by atoms with Gasteiger partial charge in [-0.25, -0.2) is 9.37 Å². The number of ether oxygens (including phenoxy) is 1. The summed E-state index contributed by atoms with van der Waals surface area (Å²) in [5, 5.41) is 0.586. The molecule has 1 aromatic carbocycles. The van der Waals surface area contributed by atoms with E-state index in [9.17, 15) is 18.8 Å². The van der Waals surface area contributed by atoms with Crippen molar-refractivity contribution in [1.82, 2.24) is 14.5 Å². The van der Waals surface area contributed by atoms with E-state index in [0.29, 0.717) is 73.1 Å². The van der Waals surface area contributed by atoms with E-state index in [1.165, 1.54) is 22.4 Å². The molecule has 0 unspecified atom stereocenters. The molecule has 7 nitrogen and oxygen atoms in total. The van der Waals surface area contributed by atoms with Crippen LogP contribution in [-0.4, -0.2) is 51.8 Å². The molecule has 3 rings (SSSR count). The third kappa shape index (κ3) is 6.46. The summed E-state index contributed by atoms with van der Waals surface area (Å²) in [6, 6.07) is 6.43. The van der Waals surface area contributed by atoms with Gasteiger partial charge in [-0.2, -0.15) is 0 Å². The van der Waals surface area contributed by atoms with E-state index in [2.05, 4.69) is 4.98 Å². The molecule has 1 fully saturated rings. The minimum Gasteiger partial charge on any atom is -0.466 e. The van der Waals surface area contributed by atoms with Crippen LogP contribution in [0.5, 0.6) is 0 Å². The van der Waals surface area contributed by atoms with E-state index >= 15 is 0 Å². The second-order valence-electron chi connectivity index (χ2n) is 8.45. The van der Waals surface area contributed by atoms with Crippen molar-refractivity contribution in [2.75, 3.05) is 25.4 Å². The summed E-state index contributed by atoms with van der Waals surface area (Å²) >= 11 is 1.44. The van der Waals surface area contributed by atoms with E-state index in [1.807, 2.05) is 4.90 Å². The molecule has 2 aromatic rings. The Bertz CT molecular complexity index is 1080. The van der Waals surface area contributed by atoms with Gasteiger partial charge in [-0.05, 0) is 44.7 Å². The van der Waals surface area contributed by atoms with Crippen LogP contribution < -0.4 is 5.56 Å². The minimum atomic E-state index is -0.336. The molecule has 0 aliphatic carbocycles. The molecule has 0 saturated carbocycles. The number of esters is 1. The third-order valence-corrected chi connectivity index (χ3v) is 7.22. The number of hydrogen-bond donors (Lipinski definition) is 0. The van der Waals surface area contributed by atoms with Crippen LogP contribution in [0.15, 0.2) is 34.2 Å². The van der Waals surface area contributed by atoms with Crippen molar-refractivity contribution in [3.05, 3.63) is 57.3 Å². The first-order chi connectivity index (χ1) is 16.3. The molecule has 0 N–H and O–H groups in total. The summed E-state index contributed by atoms with van der Waals surface area (Å²) in [6.07, 6.45) is 2.56. The van der Waals surface area contributed by atoms with Gasteiger partial charge in [0.2, 0.25) is 5.91 Å². The molecule has 0 spiro atoms. The number of aryl methyl sites for hydroxylation is 1. The van der Waals surface area contributed by atoms with E-state index in [4.69, 9.17) is 4.74 Å². The van der Waals surface area contributed by atoms with Crippen LogP contribution in [0.3, 0.4) is 0 Å². The summed E-state index contributed by atoms with van der Waals surface area (Å²) in [5.74, 6) is 0.117. The molecule has 34 heavy (non-hydrogen) atoms. The minimum absolute atomic E-state index is 0.0844. The van der Waals surface area contributed by atoms with Crippen molar-refractivity contribution in [3.8, 4) is 0 Å². The lowest BCUT2D eigenvalue weighted by Crippen LogP contribution is -2.40. The molecule has 0 radical (unpaired) electrons. The summed E-state index contributed by atoms with van der Waals surface area (Å²) in [4.78, 5) is 43.6. The first-order valence-corrected chi connectivity index (χ1v) is 12.7. The number of carbonyl (C=O) groups is 2. The van der Waals surface area contributed by atoms with Gasteiger partial charge < -0.3 is 9.64 Å². The third-order valence-electron chi connectivity index (χ3n) is 6.11. The van der Waals surface area contributed by atoms with E-state index in [1.54, 1.807) is 39.1 Å². The number of hydrogen-bond acceptors (Lipinski definition) is 6. The highest BCUT2D eigenvalue weighted by atomic mass is 32.2. The SMILES string of the molecule is CCOC(=O)C1CCN(C(=O)CCCSc2nc(C)c(Cc3ccccc3F)c(=O)n2C)CC1. The second-order valence-corrected chi connectivity index (χ2v) is 9.51. The second kappa shape index (κ2) is 12.1. The summed E-state index contributed by atoms with van der Waals surface area (Å²) in [5.41, 5.74) is 1.36. The fraction of sp³-hybridized carbons (Fsp3) is 0.520. The Morgan fingerprint density at radius 1 is 1.24 bits per heavy atom. The molecule has 0 atom stereocenters. The molecule has 184 valence electrons. The first-order valence-electron chi connectivity index (χ1n) is 11.7. The largest absolute Gasteiger partial charge is 0.466 e. The molecule has 1 aromatic heterocycles. The Hall–Kier alpha value is -2.68. The molecule has 1 amide bonds. The van der Waals surface area contributed by atoms with Gasteiger partial charge in [0, 0.05) is 50.0 Å². The normalized spacial score (nSPS) is 14.3. The fourth-order valence-electron chi connectivity index (χ4n) is 4.06. The van der Waals surface area contributed by atoms with E-state index in [-0.39, 0.29) is 35.6 Å². The Kier molecular flexibility index (Phi) is 9.27. The average molecular weight is 490 g/mol. The summed E-state index contributed by atoms with van der Waals surface area (Å²) in [7, 11) is 1.67. The number of likely N-dealkylation sites (tertiary alicyclic amines) is 1. The zero-order chi connectivity index (χ0) is 24.7. The molecular weight excluding hydrogens is 457 g/mol. The van der Waals surface area contributed by atoms with Crippen LogP contribution in [0, 0.1) is 18.7 Å². The summed E-state index contributed by atoms with van der Waals surface area (Å²) < 4.78 is 20.6. The lowest BCUT2D eigenvalue weighted by atomic mass is 9.97. The molecule has 9 heteroatoms. The van der Waals surface area contributed by atoms with Gasteiger partial charge in [-0.3, -0.25) is 19.0 Å². The van der Waals surface area contributed by atoms with Gasteiger partial charge in [0.05, 0.1) is 12.5 Å². The maximum Gasteiger partial charge on any atom is 0.309 e. The van der Waals surface area contributed by atoms with Crippen LogP contribution >= 0.6 is 11.8 Å². The van der Waals surface area contributed by atoms with Crippen LogP contribution in [0.2, 0.25) is 0 Å². The van der Waals surface area contributed by atoms with E-state index < -0.39 is 0 Å². The smallest absolute Gasteiger partial charge is 0.309 e. The van der Waals surface area contributed by atoms with Gasteiger partial charge in [-0.15, -0.1) is 0 Å². The summed E-state index contributed by atoms with van der Waals surface area (Å²) in [6.45, 7) is 5.10. The number of aromatic nitrogens is 2. The Balaban J connectivity index is 1.50. The maximum atomic E-state index is 14.0. The van der Waals surface area contributed by atoms with Crippen molar-refractivity contribution in [1.29, 1.82) is 0 Å². The molecule has 1 saturated heterocycles. The maximum absolute atomic E-state index is 14.0. The number of thioether (sulfide) groups is 1.